The maximum absolute atomic E-state index is 12.3. The molecular weight excluding hydrogens is 216 g/mol. The van der Waals surface area contributed by atoms with Crippen LogP contribution < -0.4 is 5.32 Å². The Bertz CT molecular complexity index is 425. The Morgan fingerprint density at radius 3 is 2.88 bits per heavy atom. The van der Waals surface area contributed by atoms with Gasteiger partial charge in [-0.2, -0.15) is 0 Å². The number of carbonyl (C=O) groups excluding carboxylic acids is 1. The number of nitrogens with one attached hydrogen (secondary N) is 1. The van der Waals surface area contributed by atoms with E-state index in [1.807, 2.05) is 14.0 Å². The molecule has 1 heterocycles. The highest BCUT2D eigenvalue weighted by Gasteiger charge is 2.24. The van der Waals surface area contributed by atoms with Gasteiger partial charge in [-0.3, -0.25) is 4.79 Å². The summed E-state index contributed by atoms with van der Waals surface area (Å²) in [5.41, 5.74) is 1.48. The van der Waals surface area contributed by atoms with Crippen molar-refractivity contribution in [2.45, 2.75) is 19.4 Å². The van der Waals surface area contributed by atoms with Gasteiger partial charge >= 0.3 is 0 Å². The molecule has 4 nitrogen and oxygen atoms in total. The highest BCUT2D eigenvalue weighted by Crippen LogP contribution is 2.18. The van der Waals surface area contributed by atoms with Gasteiger partial charge in [0.25, 0.3) is 5.91 Å². The monoisotopic (exact) mass is 234 g/mol. The molecule has 0 saturated carbocycles. The number of amides is 1. The van der Waals surface area contributed by atoms with Gasteiger partial charge in [-0.05, 0) is 43.7 Å². The van der Waals surface area contributed by atoms with E-state index >= 15 is 0 Å². The molecule has 92 valence electrons. The summed E-state index contributed by atoms with van der Waals surface area (Å²) in [6.45, 7) is 3.67. The van der Waals surface area contributed by atoms with Crippen LogP contribution in [-0.2, 0) is 0 Å². The van der Waals surface area contributed by atoms with Gasteiger partial charge in [0.2, 0.25) is 0 Å². The summed E-state index contributed by atoms with van der Waals surface area (Å²) in [5, 5.41) is 12.6. The average Bonchev–Trinajstić information content (AvgIpc) is 2.80. The van der Waals surface area contributed by atoms with Crippen molar-refractivity contribution in [3.8, 4) is 5.75 Å². The normalized spacial score (nSPS) is 19.3. The lowest BCUT2D eigenvalue weighted by Crippen LogP contribution is -2.38. The van der Waals surface area contributed by atoms with Gasteiger partial charge in [-0.1, -0.05) is 0 Å². The second-order valence-electron chi connectivity index (χ2n) is 4.56. The Labute approximate surface area is 101 Å². The lowest BCUT2D eigenvalue weighted by molar-refractivity contribution is 0.0743. The topological polar surface area (TPSA) is 52.6 Å². The van der Waals surface area contributed by atoms with Crippen molar-refractivity contribution in [3.63, 3.8) is 0 Å². The Balaban J connectivity index is 2.18. The third kappa shape index (κ3) is 2.42. The molecule has 17 heavy (non-hydrogen) atoms. The lowest BCUT2D eigenvalue weighted by Gasteiger charge is -2.24. The van der Waals surface area contributed by atoms with Crippen LogP contribution in [0.15, 0.2) is 18.2 Å². The molecule has 0 bridgehead atoms. The fraction of sp³-hybridized carbons (Fsp3) is 0.462. The number of benzene rings is 1. The van der Waals surface area contributed by atoms with Gasteiger partial charge < -0.3 is 15.3 Å². The zero-order valence-electron chi connectivity index (χ0n) is 10.2. The third-order valence-electron chi connectivity index (χ3n) is 3.34. The van der Waals surface area contributed by atoms with Crippen LogP contribution >= 0.6 is 0 Å². The van der Waals surface area contributed by atoms with Gasteiger partial charge in [0.05, 0.1) is 0 Å². The second kappa shape index (κ2) is 4.75. The number of phenolic OH excluding ortho intramolecular Hbond substituents is 1. The van der Waals surface area contributed by atoms with Gasteiger partial charge in [-0.25, -0.2) is 0 Å². The van der Waals surface area contributed by atoms with Crippen LogP contribution in [0.4, 0.5) is 0 Å². The van der Waals surface area contributed by atoms with E-state index in [0.29, 0.717) is 5.56 Å². The molecule has 1 saturated heterocycles. The minimum Gasteiger partial charge on any atom is -0.508 e. The Kier molecular flexibility index (Phi) is 3.33. The van der Waals surface area contributed by atoms with Crippen LogP contribution in [0.3, 0.4) is 0 Å². The molecule has 4 heteroatoms. The smallest absolute Gasteiger partial charge is 0.254 e. The molecule has 0 aromatic heterocycles. The number of likely N-dealkylation sites (N-methyl/N-ethyl adjacent to an activating group) is 1. The van der Waals surface area contributed by atoms with Crippen LogP contribution in [0, 0.1) is 6.92 Å². The molecule has 1 amide bonds. The van der Waals surface area contributed by atoms with Crippen molar-refractivity contribution in [1.82, 2.24) is 10.2 Å². The third-order valence-corrected chi connectivity index (χ3v) is 3.34. The molecule has 1 aliphatic heterocycles. The summed E-state index contributed by atoms with van der Waals surface area (Å²) < 4.78 is 0. The molecule has 0 aliphatic carbocycles. The molecule has 1 unspecified atom stereocenters. The van der Waals surface area contributed by atoms with Gasteiger partial charge in [0.1, 0.15) is 5.75 Å². The van der Waals surface area contributed by atoms with Crippen LogP contribution in [0.2, 0.25) is 0 Å². The van der Waals surface area contributed by atoms with E-state index < -0.39 is 0 Å². The molecule has 2 rings (SSSR count). The summed E-state index contributed by atoms with van der Waals surface area (Å²) in [7, 11) is 1.84. The minimum absolute atomic E-state index is 0.0243. The van der Waals surface area contributed by atoms with Crippen molar-refractivity contribution >= 4 is 5.91 Å². The molecule has 2 N–H and O–H groups in total. The predicted octanol–water partition coefficient (Wildman–Crippen LogP) is 1.13. The summed E-state index contributed by atoms with van der Waals surface area (Å²) in [6, 6.07) is 5.14. The second-order valence-corrected chi connectivity index (χ2v) is 4.56. The molecule has 1 aliphatic rings. The van der Waals surface area contributed by atoms with Crippen molar-refractivity contribution in [1.29, 1.82) is 0 Å². The van der Waals surface area contributed by atoms with Crippen molar-refractivity contribution < 1.29 is 9.90 Å². The number of aromatic hydroxyl groups is 1. The zero-order valence-corrected chi connectivity index (χ0v) is 10.2. The van der Waals surface area contributed by atoms with Crippen LogP contribution in [0.1, 0.15) is 22.3 Å². The fourth-order valence-electron chi connectivity index (χ4n) is 2.21. The van der Waals surface area contributed by atoms with E-state index in [1.54, 1.807) is 23.1 Å². The van der Waals surface area contributed by atoms with E-state index in [2.05, 4.69) is 5.32 Å². The number of carbonyl (C=O) groups is 1. The highest BCUT2D eigenvalue weighted by atomic mass is 16.3. The van der Waals surface area contributed by atoms with E-state index in [1.165, 1.54) is 0 Å². The Hall–Kier alpha value is -1.55. The minimum atomic E-state index is 0.0243. The van der Waals surface area contributed by atoms with Crippen LogP contribution in [-0.4, -0.2) is 42.1 Å². The predicted molar refractivity (Wildman–Crippen MR) is 66.2 cm³/mol. The van der Waals surface area contributed by atoms with Crippen LogP contribution in [0.25, 0.3) is 0 Å². The summed E-state index contributed by atoms with van der Waals surface area (Å²) in [6.07, 6.45) is 0.999. The SMILES string of the molecule is Cc1cc(O)ccc1C(=O)N(C)C1CCNC1. The number of hydrogen-bond acceptors (Lipinski definition) is 3. The first kappa shape index (κ1) is 11.9. The summed E-state index contributed by atoms with van der Waals surface area (Å²) >= 11 is 0. The van der Waals surface area contributed by atoms with E-state index in [-0.39, 0.29) is 17.7 Å². The average molecular weight is 234 g/mol. The molecule has 1 aromatic rings. The highest BCUT2D eigenvalue weighted by molar-refractivity contribution is 5.95. The molecule has 1 aromatic carbocycles. The van der Waals surface area contributed by atoms with E-state index in [4.69, 9.17) is 0 Å². The van der Waals surface area contributed by atoms with E-state index in [9.17, 15) is 9.90 Å². The molecule has 0 spiro atoms. The summed E-state index contributed by atoms with van der Waals surface area (Å²) in [5.74, 6) is 0.223. The number of aryl methyl sites for hydroxylation is 1. The first-order valence-electron chi connectivity index (χ1n) is 5.87. The van der Waals surface area contributed by atoms with Crippen molar-refractivity contribution in [2.75, 3.05) is 20.1 Å². The largest absolute Gasteiger partial charge is 0.508 e. The summed E-state index contributed by atoms with van der Waals surface area (Å²) in [4.78, 5) is 14.1. The maximum atomic E-state index is 12.3. The molecular formula is C13H18N2O2. The lowest BCUT2D eigenvalue weighted by atomic mass is 10.1. The molecule has 1 fully saturated rings. The van der Waals surface area contributed by atoms with E-state index in [0.717, 1.165) is 25.1 Å². The Morgan fingerprint density at radius 2 is 2.29 bits per heavy atom. The van der Waals surface area contributed by atoms with Crippen LogP contribution in [0.5, 0.6) is 5.75 Å². The fourth-order valence-corrected chi connectivity index (χ4v) is 2.21. The standard InChI is InChI=1S/C13H18N2O2/c1-9-7-11(16)3-4-12(9)13(17)15(2)10-5-6-14-8-10/h3-4,7,10,14,16H,5-6,8H2,1-2H3. The Morgan fingerprint density at radius 1 is 1.53 bits per heavy atom. The number of hydrogen-bond donors (Lipinski definition) is 2. The number of nitrogens with zero attached hydrogens (tertiary/aromatic N) is 1. The number of phenols is 1. The van der Waals surface area contributed by atoms with Gasteiger partial charge in [-0.15, -0.1) is 0 Å². The maximum Gasteiger partial charge on any atom is 0.254 e. The van der Waals surface area contributed by atoms with Crippen molar-refractivity contribution in [2.24, 2.45) is 0 Å². The quantitative estimate of drug-likeness (QED) is 0.806. The first-order chi connectivity index (χ1) is 8.09. The molecule has 1 atom stereocenters. The molecule has 0 radical (unpaired) electrons. The number of rotatable bonds is 2. The van der Waals surface area contributed by atoms with Gasteiger partial charge in [0.15, 0.2) is 0 Å². The first-order valence-corrected chi connectivity index (χ1v) is 5.87. The van der Waals surface area contributed by atoms with Gasteiger partial charge in [0, 0.05) is 25.2 Å². The van der Waals surface area contributed by atoms with Crippen molar-refractivity contribution in [3.05, 3.63) is 29.3 Å². The zero-order chi connectivity index (χ0) is 12.4.